The standard InChI is InChI=1S/C15H18BrN3O2/c16-13-7-2-1-6-12(13)15-19-18-14(21-15)10-17-9-11-5-3-4-8-20-11/h1-2,6-7,11,17H,3-5,8-10H2. The molecule has 1 aliphatic heterocycles. The zero-order valence-electron chi connectivity index (χ0n) is 11.7. The van der Waals surface area contributed by atoms with Crippen molar-refractivity contribution in [3.8, 4) is 11.5 Å². The van der Waals surface area contributed by atoms with Gasteiger partial charge in [-0.05, 0) is 47.3 Å². The first-order valence-electron chi connectivity index (χ1n) is 7.22. The summed E-state index contributed by atoms with van der Waals surface area (Å²) in [6.07, 6.45) is 3.86. The molecular weight excluding hydrogens is 334 g/mol. The van der Waals surface area contributed by atoms with E-state index in [1.54, 1.807) is 0 Å². The highest BCUT2D eigenvalue weighted by Gasteiger charge is 2.14. The number of hydrogen-bond donors (Lipinski definition) is 1. The summed E-state index contributed by atoms with van der Waals surface area (Å²) in [7, 11) is 0. The first-order chi connectivity index (χ1) is 10.3. The molecule has 1 atom stereocenters. The maximum atomic E-state index is 5.68. The Morgan fingerprint density at radius 2 is 2.14 bits per heavy atom. The van der Waals surface area contributed by atoms with Crippen molar-refractivity contribution >= 4 is 15.9 Å². The van der Waals surface area contributed by atoms with E-state index in [-0.39, 0.29) is 0 Å². The SMILES string of the molecule is Brc1ccccc1-c1nnc(CNCC2CCCCO2)o1. The molecule has 3 rings (SSSR count). The monoisotopic (exact) mass is 351 g/mol. The van der Waals surface area contributed by atoms with Gasteiger partial charge in [0.1, 0.15) is 0 Å². The molecule has 0 bridgehead atoms. The Labute approximate surface area is 132 Å². The van der Waals surface area contributed by atoms with Gasteiger partial charge in [0.15, 0.2) is 0 Å². The summed E-state index contributed by atoms with van der Waals surface area (Å²) in [6, 6.07) is 7.81. The fourth-order valence-electron chi connectivity index (χ4n) is 2.38. The van der Waals surface area contributed by atoms with Gasteiger partial charge in [-0.15, -0.1) is 10.2 Å². The lowest BCUT2D eigenvalue weighted by Gasteiger charge is -2.22. The molecule has 5 nitrogen and oxygen atoms in total. The van der Waals surface area contributed by atoms with Crippen LogP contribution in [0.25, 0.3) is 11.5 Å². The van der Waals surface area contributed by atoms with E-state index < -0.39 is 0 Å². The van der Waals surface area contributed by atoms with Gasteiger partial charge in [-0.1, -0.05) is 12.1 Å². The number of hydrogen-bond acceptors (Lipinski definition) is 5. The third-order valence-electron chi connectivity index (χ3n) is 3.49. The highest BCUT2D eigenvalue weighted by Crippen LogP contribution is 2.26. The van der Waals surface area contributed by atoms with Gasteiger partial charge < -0.3 is 14.5 Å². The molecule has 21 heavy (non-hydrogen) atoms. The second-order valence-electron chi connectivity index (χ2n) is 5.10. The van der Waals surface area contributed by atoms with Gasteiger partial charge in [0.2, 0.25) is 11.8 Å². The third-order valence-corrected chi connectivity index (χ3v) is 4.18. The Bertz CT molecular complexity index is 582. The average Bonchev–Trinajstić information content (AvgIpc) is 2.97. The van der Waals surface area contributed by atoms with Crippen LogP contribution < -0.4 is 5.32 Å². The highest BCUT2D eigenvalue weighted by atomic mass is 79.9. The van der Waals surface area contributed by atoms with Crippen LogP contribution in [-0.4, -0.2) is 29.5 Å². The van der Waals surface area contributed by atoms with Crippen molar-refractivity contribution in [3.63, 3.8) is 0 Å². The quantitative estimate of drug-likeness (QED) is 0.896. The highest BCUT2D eigenvalue weighted by molar-refractivity contribution is 9.10. The van der Waals surface area contributed by atoms with Crippen molar-refractivity contribution in [3.05, 3.63) is 34.6 Å². The number of nitrogens with one attached hydrogen (secondary N) is 1. The molecule has 0 amide bonds. The molecule has 0 spiro atoms. The molecule has 1 unspecified atom stereocenters. The Morgan fingerprint density at radius 3 is 2.95 bits per heavy atom. The lowest BCUT2D eigenvalue weighted by Crippen LogP contribution is -2.31. The number of nitrogens with zero attached hydrogens (tertiary/aromatic N) is 2. The second-order valence-corrected chi connectivity index (χ2v) is 5.95. The van der Waals surface area contributed by atoms with E-state index in [1.807, 2.05) is 24.3 Å². The lowest BCUT2D eigenvalue weighted by atomic mass is 10.1. The van der Waals surface area contributed by atoms with Gasteiger partial charge in [-0.3, -0.25) is 0 Å². The fourth-order valence-corrected chi connectivity index (χ4v) is 2.83. The molecule has 0 radical (unpaired) electrons. The van der Waals surface area contributed by atoms with Crippen LogP contribution in [0.3, 0.4) is 0 Å². The van der Waals surface area contributed by atoms with E-state index >= 15 is 0 Å². The van der Waals surface area contributed by atoms with Gasteiger partial charge >= 0.3 is 0 Å². The summed E-state index contributed by atoms with van der Waals surface area (Å²) in [5.74, 6) is 1.13. The van der Waals surface area contributed by atoms with Crippen LogP contribution in [0.5, 0.6) is 0 Å². The van der Waals surface area contributed by atoms with Gasteiger partial charge in [0.05, 0.1) is 18.2 Å². The molecule has 112 valence electrons. The molecule has 1 aliphatic rings. The summed E-state index contributed by atoms with van der Waals surface area (Å²) >= 11 is 3.49. The van der Waals surface area contributed by atoms with Crippen molar-refractivity contribution in [1.82, 2.24) is 15.5 Å². The summed E-state index contributed by atoms with van der Waals surface area (Å²) in [4.78, 5) is 0. The third kappa shape index (κ3) is 3.90. The second kappa shape index (κ2) is 7.15. The van der Waals surface area contributed by atoms with E-state index in [1.165, 1.54) is 12.8 Å². The van der Waals surface area contributed by atoms with E-state index in [9.17, 15) is 0 Å². The Morgan fingerprint density at radius 1 is 1.24 bits per heavy atom. The van der Waals surface area contributed by atoms with Crippen LogP contribution in [0.1, 0.15) is 25.2 Å². The topological polar surface area (TPSA) is 60.2 Å². The molecule has 1 aromatic carbocycles. The smallest absolute Gasteiger partial charge is 0.248 e. The minimum absolute atomic E-state index is 0.310. The number of aromatic nitrogens is 2. The number of ether oxygens (including phenoxy) is 1. The number of rotatable bonds is 5. The van der Waals surface area contributed by atoms with Crippen LogP contribution in [0, 0.1) is 0 Å². The minimum atomic E-state index is 0.310. The summed E-state index contributed by atoms with van der Waals surface area (Å²) < 4.78 is 12.3. The molecule has 1 fully saturated rings. The van der Waals surface area contributed by atoms with Crippen molar-refractivity contribution < 1.29 is 9.15 Å². The maximum Gasteiger partial charge on any atom is 0.248 e. The van der Waals surface area contributed by atoms with Crippen LogP contribution in [-0.2, 0) is 11.3 Å². The normalized spacial score (nSPS) is 18.8. The van der Waals surface area contributed by atoms with E-state index in [0.29, 0.717) is 24.4 Å². The zero-order chi connectivity index (χ0) is 14.5. The Balaban J connectivity index is 1.54. The molecular formula is C15H18BrN3O2. The first-order valence-corrected chi connectivity index (χ1v) is 8.02. The first kappa shape index (κ1) is 14.7. The van der Waals surface area contributed by atoms with Crippen LogP contribution >= 0.6 is 15.9 Å². The van der Waals surface area contributed by atoms with Gasteiger partial charge in [-0.2, -0.15) is 0 Å². The number of benzene rings is 1. The zero-order valence-corrected chi connectivity index (χ0v) is 13.3. The Hall–Kier alpha value is -1.24. The van der Waals surface area contributed by atoms with Crippen molar-refractivity contribution in [2.45, 2.75) is 31.9 Å². The van der Waals surface area contributed by atoms with Gasteiger partial charge in [0, 0.05) is 17.6 Å². The van der Waals surface area contributed by atoms with Crippen LogP contribution in [0.15, 0.2) is 33.2 Å². The largest absolute Gasteiger partial charge is 0.419 e. The lowest BCUT2D eigenvalue weighted by molar-refractivity contribution is 0.0165. The van der Waals surface area contributed by atoms with Crippen LogP contribution in [0.2, 0.25) is 0 Å². The summed E-state index contributed by atoms with van der Waals surface area (Å²) in [5.41, 5.74) is 0.909. The van der Waals surface area contributed by atoms with E-state index in [2.05, 4.69) is 31.4 Å². The molecule has 1 aromatic heterocycles. The minimum Gasteiger partial charge on any atom is -0.419 e. The maximum absolute atomic E-state index is 5.68. The molecule has 6 heteroatoms. The molecule has 2 heterocycles. The predicted molar refractivity (Wildman–Crippen MR) is 82.7 cm³/mol. The molecule has 0 aliphatic carbocycles. The Kier molecular flexibility index (Phi) is 5.00. The summed E-state index contributed by atoms with van der Waals surface area (Å²) in [5, 5.41) is 11.5. The summed E-state index contributed by atoms with van der Waals surface area (Å²) in [6.45, 7) is 2.27. The number of halogens is 1. The van der Waals surface area contributed by atoms with E-state index in [4.69, 9.17) is 9.15 Å². The van der Waals surface area contributed by atoms with Crippen molar-refractivity contribution in [1.29, 1.82) is 0 Å². The molecule has 1 N–H and O–H groups in total. The molecule has 1 saturated heterocycles. The van der Waals surface area contributed by atoms with Crippen molar-refractivity contribution in [2.75, 3.05) is 13.2 Å². The predicted octanol–water partition coefficient (Wildman–Crippen LogP) is 3.16. The fraction of sp³-hybridized carbons (Fsp3) is 0.467. The van der Waals surface area contributed by atoms with E-state index in [0.717, 1.165) is 29.6 Å². The van der Waals surface area contributed by atoms with Crippen LogP contribution in [0.4, 0.5) is 0 Å². The molecule has 0 saturated carbocycles. The van der Waals surface area contributed by atoms with Crippen molar-refractivity contribution in [2.24, 2.45) is 0 Å². The van der Waals surface area contributed by atoms with Gasteiger partial charge in [-0.25, -0.2) is 0 Å². The average molecular weight is 352 g/mol. The van der Waals surface area contributed by atoms with Gasteiger partial charge in [0.25, 0.3) is 0 Å². The molecule has 2 aromatic rings.